The number of carbonyl (C=O) groups excluding carboxylic acids is 1. The minimum Gasteiger partial charge on any atom is -0.495 e. The van der Waals surface area contributed by atoms with Crippen LogP contribution in [0.3, 0.4) is 0 Å². The van der Waals surface area contributed by atoms with Crippen molar-refractivity contribution in [3.05, 3.63) is 24.3 Å². The number of aliphatic hydroxyl groups is 1. The lowest BCUT2D eigenvalue weighted by molar-refractivity contribution is -0.172. The number of rotatable bonds is 4. The first kappa shape index (κ1) is 18.3. The number of piperazine rings is 1. The van der Waals surface area contributed by atoms with Crippen LogP contribution in [0.15, 0.2) is 24.3 Å². The molecule has 1 aliphatic heterocycles. The van der Waals surface area contributed by atoms with Gasteiger partial charge in [-0.3, -0.25) is 4.79 Å². The molecule has 5 nitrogen and oxygen atoms in total. The first-order valence-corrected chi connectivity index (χ1v) is 10.9. The topological polar surface area (TPSA) is 53.0 Å². The van der Waals surface area contributed by atoms with Crippen molar-refractivity contribution in [3.63, 3.8) is 0 Å². The summed E-state index contributed by atoms with van der Waals surface area (Å²) in [5.41, 5.74) is 0.697. The summed E-state index contributed by atoms with van der Waals surface area (Å²) in [4.78, 5) is 17.5. The Bertz CT molecular complexity index is 742. The van der Waals surface area contributed by atoms with Crippen LogP contribution in [-0.2, 0) is 4.79 Å². The fourth-order valence-electron chi connectivity index (χ4n) is 7.13. The first-order valence-electron chi connectivity index (χ1n) is 10.9. The standard InChI is InChI=1S/C23H32N2O3/c1-28-20-5-3-2-4-19(20)24-6-8-25(9-7-24)21(26)15-22-11-17-10-18(12-22)14-23(27,13-17)16-22/h2-5,17-18,27H,6-16H2,1H3/t17-,18+,22?,23?. The van der Waals surface area contributed by atoms with Gasteiger partial charge in [-0.2, -0.15) is 0 Å². The highest BCUT2D eigenvalue weighted by molar-refractivity contribution is 5.77. The summed E-state index contributed by atoms with van der Waals surface area (Å²) < 4.78 is 5.50. The molecule has 6 rings (SSSR count). The predicted octanol–water partition coefficient (Wildman–Crippen LogP) is 3.07. The van der Waals surface area contributed by atoms with E-state index >= 15 is 0 Å². The van der Waals surface area contributed by atoms with E-state index in [2.05, 4.69) is 15.9 Å². The Morgan fingerprint density at radius 3 is 2.43 bits per heavy atom. The number of carbonyl (C=O) groups is 1. The van der Waals surface area contributed by atoms with E-state index < -0.39 is 5.60 Å². The van der Waals surface area contributed by atoms with E-state index in [1.54, 1.807) is 7.11 Å². The number of anilines is 1. The van der Waals surface area contributed by atoms with Gasteiger partial charge < -0.3 is 19.6 Å². The van der Waals surface area contributed by atoms with Gasteiger partial charge in [0.1, 0.15) is 5.75 Å². The van der Waals surface area contributed by atoms with Crippen LogP contribution in [0.5, 0.6) is 5.75 Å². The number of amides is 1. The molecule has 28 heavy (non-hydrogen) atoms. The molecule has 0 radical (unpaired) electrons. The lowest BCUT2D eigenvalue weighted by atomic mass is 9.47. The van der Waals surface area contributed by atoms with Gasteiger partial charge >= 0.3 is 0 Å². The molecule has 4 bridgehead atoms. The van der Waals surface area contributed by atoms with E-state index in [0.29, 0.717) is 24.2 Å². The Labute approximate surface area is 167 Å². The summed E-state index contributed by atoms with van der Waals surface area (Å²) in [7, 11) is 1.71. The Hall–Kier alpha value is -1.75. The molecule has 4 aliphatic carbocycles. The van der Waals surface area contributed by atoms with Crippen LogP contribution >= 0.6 is 0 Å². The third-order valence-corrected chi connectivity index (χ3v) is 7.74. The Kier molecular flexibility index (Phi) is 4.34. The van der Waals surface area contributed by atoms with Crippen molar-refractivity contribution >= 4 is 11.6 Å². The SMILES string of the molecule is COc1ccccc1N1CCN(C(=O)CC23C[C@@H]4C[C@@H](CC(O)(C4)C2)C3)CC1. The Balaban J connectivity index is 1.22. The maximum Gasteiger partial charge on any atom is 0.223 e. The van der Waals surface area contributed by atoms with Gasteiger partial charge in [-0.05, 0) is 67.9 Å². The molecule has 4 atom stereocenters. The average Bonchev–Trinajstić information content (AvgIpc) is 2.65. The third-order valence-electron chi connectivity index (χ3n) is 7.74. The molecule has 152 valence electrons. The van der Waals surface area contributed by atoms with Gasteiger partial charge in [0.05, 0.1) is 18.4 Å². The smallest absolute Gasteiger partial charge is 0.223 e. The van der Waals surface area contributed by atoms with Crippen LogP contribution in [0.2, 0.25) is 0 Å². The fourth-order valence-corrected chi connectivity index (χ4v) is 7.13. The van der Waals surface area contributed by atoms with Gasteiger partial charge in [0.15, 0.2) is 0 Å². The van der Waals surface area contributed by atoms with Crippen molar-refractivity contribution in [2.75, 3.05) is 38.2 Å². The van der Waals surface area contributed by atoms with Gasteiger partial charge in [-0.25, -0.2) is 0 Å². The minimum atomic E-state index is -0.479. The summed E-state index contributed by atoms with van der Waals surface area (Å²) in [6, 6.07) is 8.10. The summed E-state index contributed by atoms with van der Waals surface area (Å²) in [6.07, 6.45) is 7.00. The summed E-state index contributed by atoms with van der Waals surface area (Å²) >= 11 is 0. The second kappa shape index (κ2) is 6.65. The maximum atomic E-state index is 13.2. The Morgan fingerprint density at radius 1 is 1.11 bits per heavy atom. The fraction of sp³-hybridized carbons (Fsp3) is 0.696. The van der Waals surface area contributed by atoms with E-state index in [1.165, 1.54) is 6.42 Å². The van der Waals surface area contributed by atoms with Crippen molar-refractivity contribution in [3.8, 4) is 5.75 Å². The highest BCUT2D eigenvalue weighted by Crippen LogP contribution is 2.62. The molecule has 2 unspecified atom stereocenters. The highest BCUT2D eigenvalue weighted by Gasteiger charge is 2.57. The largest absolute Gasteiger partial charge is 0.495 e. The van der Waals surface area contributed by atoms with Crippen LogP contribution < -0.4 is 9.64 Å². The monoisotopic (exact) mass is 384 g/mol. The highest BCUT2D eigenvalue weighted by atomic mass is 16.5. The zero-order valence-corrected chi connectivity index (χ0v) is 16.9. The third kappa shape index (κ3) is 3.18. The number of benzene rings is 1. The molecule has 1 saturated heterocycles. The Morgan fingerprint density at radius 2 is 1.79 bits per heavy atom. The number of hydrogen-bond donors (Lipinski definition) is 1. The summed E-state index contributed by atoms with van der Waals surface area (Å²) in [6.45, 7) is 3.22. The molecule has 1 N–H and O–H groups in total. The quantitative estimate of drug-likeness (QED) is 0.867. The number of ether oxygens (including phenoxy) is 1. The number of nitrogens with zero attached hydrogens (tertiary/aromatic N) is 2. The van der Waals surface area contributed by atoms with Gasteiger partial charge in [0, 0.05) is 32.6 Å². The molecule has 0 aromatic heterocycles. The van der Waals surface area contributed by atoms with E-state index in [-0.39, 0.29) is 5.41 Å². The summed E-state index contributed by atoms with van der Waals surface area (Å²) in [5.74, 6) is 2.47. The van der Waals surface area contributed by atoms with Gasteiger partial charge in [-0.1, -0.05) is 12.1 Å². The molecular weight excluding hydrogens is 352 g/mol. The van der Waals surface area contributed by atoms with Crippen molar-refractivity contribution < 1.29 is 14.6 Å². The normalized spacial score (nSPS) is 36.6. The maximum absolute atomic E-state index is 13.2. The van der Waals surface area contributed by atoms with E-state index in [4.69, 9.17) is 4.74 Å². The van der Waals surface area contributed by atoms with Crippen molar-refractivity contribution in [2.45, 2.75) is 50.5 Å². The molecule has 1 aromatic carbocycles. The zero-order chi connectivity index (χ0) is 19.4. The van der Waals surface area contributed by atoms with Gasteiger partial charge in [-0.15, -0.1) is 0 Å². The number of methoxy groups -OCH3 is 1. The molecule has 4 saturated carbocycles. The van der Waals surface area contributed by atoms with E-state index in [9.17, 15) is 9.90 Å². The van der Waals surface area contributed by atoms with Crippen LogP contribution in [0.25, 0.3) is 0 Å². The lowest BCUT2D eigenvalue weighted by Crippen LogP contribution is -2.57. The van der Waals surface area contributed by atoms with E-state index in [1.807, 2.05) is 18.2 Å². The van der Waals surface area contributed by atoms with Crippen LogP contribution in [-0.4, -0.2) is 54.8 Å². The molecule has 1 heterocycles. The molecule has 0 spiro atoms. The van der Waals surface area contributed by atoms with Crippen LogP contribution in [0.4, 0.5) is 5.69 Å². The number of para-hydroxylation sites is 2. The molecule has 5 heteroatoms. The first-order chi connectivity index (χ1) is 13.5. The second-order valence-corrected chi connectivity index (χ2v) is 9.90. The molecule has 5 fully saturated rings. The average molecular weight is 385 g/mol. The number of hydrogen-bond acceptors (Lipinski definition) is 4. The summed E-state index contributed by atoms with van der Waals surface area (Å²) in [5, 5.41) is 11.0. The molecule has 5 aliphatic rings. The lowest BCUT2D eigenvalue weighted by Gasteiger charge is -2.60. The molecular formula is C23H32N2O3. The van der Waals surface area contributed by atoms with Gasteiger partial charge in [0.25, 0.3) is 0 Å². The van der Waals surface area contributed by atoms with Crippen LogP contribution in [0, 0.1) is 17.3 Å². The molecule has 1 aromatic rings. The van der Waals surface area contributed by atoms with Crippen molar-refractivity contribution in [2.24, 2.45) is 17.3 Å². The van der Waals surface area contributed by atoms with Crippen molar-refractivity contribution in [1.29, 1.82) is 0 Å². The zero-order valence-electron chi connectivity index (χ0n) is 16.9. The predicted molar refractivity (Wildman–Crippen MR) is 108 cm³/mol. The van der Waals surface area contributed by atoms with Gasteiger partial charge in [0.2, 0.25) is 5.91 Å². The minimum absolute atomic E-state index is 0.0652. The van der Waals surface area contributed by atoms with E-state index in [0.717, 1.165) is 69.7 Å². The molecule has 1 amide bonds. The second-order valence-electron chi connectivity index (χ2n) is 9.90. The van der Waals surface area contributed by atoms with Crippen LogP contribution in [0.1, 0.15) is 44.9 Å². The van der Waals surface area contributed by atoms with Crippen molar-refractivity contribution in [1.82, 2.24) is 4.90 Å².